The van der Waals surface area contributed by atoms with Crippen molar-refractivity contribution in [1.29, 1.82) is 0 Å². The second-order valence-electron chi connectivity index (χ2n) is 5.61. The largest absolute Gasteiger partial charge is 0.379 e. The summed E-state index contributed by atoms with van der Waals surface area (Å²) in [6.45, 7) is 5.89. The highest BCUT2D eigenvalue weighted by molar-refractivity contribution is 7.10. The van der Waals surface area contributed by atoms with Crippen LogP contribution in [0.4, 0.5) is 0 Å². The molecule has 2 fully saturated rings. The standard InChI is InChI=1S/C15H23N3O2S.2ClH/c19-15(12-3-4-16-10-12)17-11-13(14-2-1-9-21-14)18-5-7-20-8-6-18;;/h1-2,9,12-13,16H,3-8,10-11H2,(H,17,19);2*1H. The number of hydrogen-bond acceptors (Lipinski definition) is 5. The molecule has 5 nitrogen and oxygen atoms in total. The van der Waals surface area contributed by atoms with Crippen molar-refractivity contribution in [3.8, 4) is 0 Å². The van der Waals surface area contributed by atoms with Crippen molar-refractivity contribution < 1.29 is 9.53 Å². The van der Waals surface area contributed by atoms with E-state index in [2.05, 4.69) is 33.0 Å². The summed E-state index contributed by atoms with van der Waals surface area (Å²) in [7, 11) is 0. The van der Waals surface area contributed by atoms with Gasteiger partial charge in [0.25, 0.3) is 0 Å². The summed E-state index contributed by atoms with van der Waals surface area (Å²) in [5.74, 6) is 0.327. The highest BCUT2D eigenvalue weighted by atomic mass is 35.5. The molecule has 0 aromatic carbocycles. The van der Waals surface area contributed by atoms with Crippen LogP contribution in [0.25, 0.3) is 0 Å². The Bertz CT molecular complexity index is 450. The molecule has 132 valence electrons. The minimum atomic E-state index is 0. The van der Waals surface area contributed by atoms with Crippen LogP contribution in [0, 0.1) is 5.92 Å². The maximum Gasteiger partial charge on any atom is 0.224 e. The fraction of sp³-hybridized carbons (Fsp3) is 0.667. The minimum Gasteiger partial charge on any atom is -0.379 e. The van der Waals surface area contributed by atoms with Crippen molar-refractivity contribution in [3.05, 3.63) is 22.4 Å². The van der Waals surface area contributed by atoms with Crippen LogP contribution in [0.15, 0.2) is 17.5 Å². The van der Waals surface area contributed by atoms with Gasteiger partial charge in [-0.1, -0.05) is 6.07 Å². The Morgan fingerprint density at radius 2 is 2.22 bits per heavy atom. The fourth-order valence-corrected chi connectivity index (χ4v) is 3.86. The molecule has 8 heteroatoms. The molecule has 1 aromatic rings. The van der Waals surface area contributed by atoms with Crippen LogP contribution in [0.5, 0.6) is 0 Å². The smallest absolute Gasteiger partial charge is 0.224 e. The average Bonchev–Trinajstić information content (AvgIpc) is 3.22. The van der Waals surface area contributed by atoms with Crippen molar-refractivity contribution >= 4 is 42.1 Å². The van der Waals surface area contributed by atoms with E-state index in [-0.39, 0.29) is 42.7 Å². The number of ether oxygens (including phenoxy) is 1. The van der Waals surface area contributed by atoms with Crippen LogP contribution >= 0.6 is 36.2 Å². The van der Waals surface area contributed by atoms with Gasteiger partial charge in [0, 0.05) is 31.1 Å². The van der Waals surface area contributed by atoms with E-state index in [4.69, 9.17) is 4.74 Å². The molecule has 3 rings (SSSR count). The van der Waals surface area contributed by atoms with Gasteiger partial charge in [0.05, 0.1) is 25.2 Å². The normalized spacial score (nSPS) is 22.7. The lowest BCUT2D eigenvalue weighted by molar-refractivity contribution is -0.124. The zero-order valence-corrected chi connectivity index (χ0v) is 15.5. The molecule has 2 unspecified atom stereocenters. The number of amides is 1. The summed E-state index contributed by atoms with van der Waals surface area (Å²) in [5.41, 5.74) is 0. The Hall–Kier alpha value is -0.370. The third-order valence-electron chi connectivity index (χ3n) is 4.26. The molecule has 0 spiro atoms. The molecule has 2 aliphatic heterocycles. The summed E-state index contributed by atoms with van der Waals surface area (Å²) in [4.78, 5) is 16.0. The number of nitrogens with one attached hydrogen (secondary N) is 2. The van der Waals surface area contributed by atoms with Crippen LogP contribution in [-0.2, 0) is 9.53 Å². The second-order valence-corrected chi connectivity index (χ2v) is 6.59. The molecule has 3 heterocycles. The van der Waals surface area contributed by atoms with Gasteiger partial charge in [-0.2, -0.15) is 0 Å². The number of thiophene rings is 1. The van der Waals surface area contributed by atoms with E-state index in [1.54, 1.807) is 11.3 Å². The highest BCUT2D eigenvalue weighted by Gasteiger charge is 2.26. The Kier molecular flexibility index (Phi) is 9.43. The minimum absolute atomic E-state index is 0. The molecule has 0 saturated carbocycles. The van der Waals surface area contributed by atoms with Gasteiger partial charge in [-0.15, -0.1) is 36.2 Å². The first-order chi connectivity index (χ1) is 10.3. The van der Waals surface area contributed by atoms with Gasteiger partial charge in [-0.25, -0.2) is 0 Å². The van der Waals surface area contributed by atoms with E-state index in [1.807, 2.05) is 0 Å². The highest BCUT2D eigenvalue weighted by Crippen LogP contribution is 2.25. The maximum absolute atomic E-state index is 12.2. The summed E-state index contributed by atoms with van der Waals surface area (Å²) in [5, 5.41) is 8.50. The number of nitrogens with zero attached hydrogens (tertiary/aromatic N) is 1. The van der Waals surface area contributed by atoms with E-state index in [1.165, 1.54) is 4.88 Å². The quantitative estimate of drug-likeness (QED) is 0.814. The first-order valence-electron chi connectivity index (χ1n) is 7.68. The van der Waals surface area contributed by atoms with Crippen molar-refractivity contribution in [1.82, 2.24) is 15.5 Å². The van der Waals surface area contributed by atoms with Crippen LogP contribution in [0.2, 0.25) is 0 Å². The summed E-state index contributed by atoms with van der Waals surface area (Å²) < 4.78 is 5.44. The van der Waals surface area contributed by atoms with Gasteiger partial charge in [-0.05, 0) is 24.4 Å². The van der Waals surface area contributed by atoms with Gasteiger partial charge in [0.1, 0.15) is 0 Å². The fourth-order valence-electron chi connectivity index (χ4n) is 3.00. The molecule has 1 amide bonds. The van der Waals surface area contributed by atoms with Gasteiger partial charge in [0.2, 0.25) is 5.91 Å². The molecule has 2 atom stereocenters. The molecular weight excluding hydrogens is 357 g/mol. The number of hydrogen-bond donors (Lipinski definition) is 2. The monoisotopic (exact) mass is 381 g/mol. The van der Waals surface area contributed by atoms with Gasteiger partial charge in [0.15, 0.2) is 0 Å². The Labute approximate surface area is 154 Å². The zero-order valence-electron chi connectivity index (χ0n) is 13.0. The number of carbonyl (C=O) groups is 1. The summed E-state index contributed by atoms with van der Waals surface area (Å²) in [6.07, 6.45) is 0.951. The Morgan fingerprint density at radius 1 is 1.43 bits per heavy atom. The van der Waals surface area contributed by atoms with Crippen LogP contribution < -0.4 is 10.6 Å². The molecule has 2 saturated heterocycles. The lowest BCUT2D eigenvalue weighted by atomic mass is 10.1. The third kappa shape index (κ3) is 5.59. The van der Waals surface area contributed by atoms with Crippen molar-refractivity contribution in [2.75, 3.05) is 45.9 Å². The molecule has 23 heavy (non-hydrogen) atoms. The van der Waals surface area contributed by atoms with E-state index in [9.17, 15) is 4.79 Å². The molecular formula is C15H25Cl2N3O2S. The molecule has 0 bridgehead atoms. The van der Waals surface area contributed by atoms with Crippen molar-refractivity contribution in [2.45, 2.75) is 12.5 Å². The van der Waals surface area contributed by atoms with Crippen LogP contribution in [0.3, 0.4) is 0 Å². The number of carbonyl (C=O) groups excluding carboxylic acids is 1. The average molecular weight is 382 g/mol. The number of morpholine rings is 1. The van der Waals surface area contributed by atoms with Gasteiger partial charge in [-0.3, -0.25) is 9.69 Å². The summed E-state index contributed by atoms with van der Waals surface area (Å²) in [6, 6.07) is 4.51. The molecule has 0 radical (unpaired) electrons. The molecule has 2 N–H and O–H groups in total. The lowest BCUT2D eigenvalue weighted by Gasteiger charge is -2.34. The van der Waals surface area contributed by atoms with E-state index >= 15 is 0 Å². The Balaban J connectivity index is 0.00000132. The Morgan fingerprint density at radius 3 is 2.83 bits per heavy atom. The molecule has 0 aliphatic carbocycles. The van der Waals surface area contributed by atoms with Gasteiger partial charge < -0.3 is 15.4 Å². The van der Waals surface area contributed by atoms with E-state index in [0.717, 1.165) is 45.8 Å². The molecule has 2 aliphatic rings. The van der Waals surface area contributed by atoms with E-state index in [0.29, 0.717) is 6.54 Å². The van der Waals surface area contributed by atoms with Gasteiger partial charge >= 0.3 is 0 Å². The number of rotatable bonds is 5. The predicted molar refractivity (Wildman–Crippen MR) is 97.9 cm³/mol. The topological polar surface area (TPSA) is 53.6 Å². The molecule has 1 aromatic heterocycles. The van der Waals surface area contributed by atoms with Crippen LogP contribution in [0.1, 0.15) is 17.3 Å². The lowest BCUT2D eigenvalue weighted by Crippen LogP contribution is -2.44. The SMILES string of the molecule is Cl.Cl.O=C(NCC(c1cccs1)N1CCOCC1)C1CCNC1. The first kappa shape index (κ1) is 20.7. The first-order valence-corrected chi connectivity index (χ1v) is 8.56. The third-order valence-corrected chi connectivity index (χ3v) is 5.23. The predicted octanol–water partition coefficient (Wildman–Crippen LogP) is 1.69. The van der Waals surface area contributed by atoms with Crippen molar-refractivity contribution in [2.24, 2.45) is 5.92 Å². The zero-order chi connectivity index (χ0) is 14.5. The summed E-state index contributed by atoms with van der Waals surface area (Å²) >= 11 is 1.76. The second kappa shape index (κ2) is 10.5. The maximum atomic E-state index is 12.2. The van der Waals surface area contributed by atoms with Crippen molar-refractivity contribution in [3.63, 3.8) is 0 Å². The van der Waals surface area contributed by atoms with E-state index < -0.39 is 0 Å². The van der Waals surface area contributed by atoms with Crippen LogP contribution in [-0.4, -0.2) is 56.7 Å². The number of halogens is 2.